The number of pyridine rings is 1. The molecular formula is C20H29N3O4. The Kier molecular flexibility index (Phi) is 5.87. The molecule has 2 aliphatic heterocycles. The minimum absolute atomic E-state index is 0.0427. The first-order valence-electron chi connectivity index (χ1n) is 9.87. The van der Waals surface area contributed by atoms with Crippen LogP contribution in [0, 0.1) is 0 Å². The first kappa shape index (κ1) is 19.5. The van der Waals surface area contributed by atoms with E-state index in [-0.39, 0.29) is 23.6 Å². The van der Waals surface area contributed by atoms with Crippen molar-refractivity contribution in [2.75, 3.05) is 19.6 Å². The van der Waals surface area contributed by atoms with Gasteiger partial charge in [-0.1, -0.05) is 19.4 Å². The van der Waals surface area contributed by atoms with E-state index in [4.69, 9.17) is 4.74 Å². The third-order valence-corrected chi connectivity index (χ3v) is 5.73. The highest BCUT2D eigenvalue weighted by atomic mass is 16.6. The van der Waals surface area contributed by atoms with E-state index in [2.05, 4.69) is 13.8 Å². The van der Waals surface area contributed by atoms with Gasteiger partial charge >= 0.3 is 6.09 Å². The van der Waals surface area contributed by atoms with Gasteiger partial charge in [-0.2, -0.15) is 0 Å². The standard InChI is InChI=1S/C20H29N3O4/c1-3-6-16(2)23-15-20(27-19(23)26)9-13-22(14-10-20)18(25)8-12-21-11-5-4-7-17(21)24/h4-5,7,11,16H,3,6,8-10,12-15H2,1-2H3. The molecule has 3 heterocycles. The Morgan fingerprint density at radius 3 is 2.67 bits per heavy atom. The zero-order valence-corrected chi connectivity index (χ0v) is 16.2. The predicted octanol–water partition coefficient (Wildman–Crippen LogP) is 2.24. The molecule has 1 aromatic rings. The number of ether oxygens (including phenoxy) is 1. The van der Waals surface area contributed by atoms with E-state index in [0.29, 0.717) is 45.4 Å². The molecule has 1 spiro atoms. The van der Waals surface area contributed by atoms with Gasteiger partial charge < -0.3 is 19.1 Å². The molecule has 2 amide bonds. The van der Waals surface area contributed by atoms with E-state index in [0.717, 1.165) is 12.8 Å². The van der Waals surface area contributed by atoms with Crippen LogP contribution in [0.15, 0.2) is 29.2 Å². The normalized spacial score (nSPS) is 20.0. The molecule has 0 aromatic carbocycles. The van der Waals surface area contributed by atoms with Crippen LogP contribution in [0.5, 0.6) is 0 Å². The summed E-state index contributed by atoms with van der Waals surface area (Å²) in [6, 6.07) is 5.16. The number of nitrogens with zero attached hydrogens (tertiary/aromatic N) is 3. The van der Waals surface area contributed by atoms with Crippen molar-refractivity contribution in [2.24, 2.45) is 0 Å². The molecule has 27 heavy (non-hydrogen) atoms. The molecule has 2 fully saturated rings. The molecule has 1 aromatic heterocycles. The predicted molar refractivity (Wildman–Crippen MR) is 101 cm³/mol. The molecule has 7 heteroatoms. The number of likely N-dealkylation sites (tertiary alicyclic amines) is 1. The number of aromatic nitrogens is 1. The fourth-order valence-corrected chi connectivity index (χ4v) is 4.00. The topological polar surface area (TPSA) is 71.8 Å². The summed E-state index contributed by atoms with van der Waals surface area (Å²) in [5.41, 5.74) is -0.547. The summed E-state index contributed by atoms with van der Waals surface area (Å²) in [7, 11) is 0. The summed E-state index contributed by atoms with van der Waals surface area (Å²) in [4.78, 5) is 40.1. The van der Waals surface area contributed by atoms with E-state index in [1.54, 1.807) is 22.9 Å². The fourth-order valence-electron chi connectivity index (χ4n) is 4.00. The summed E-state index contributed by atoms with van der Waals surface area (Å²) in [5.74, 6) is 0.0427. The van der Waals surface area contributed by atoms with Crippen molar-refractivity contribution in [1.82, 2.24) is 14.4 Å². The Balaban J connectivity index is 1.51. The smallest absolute Gasteiger partial charge is 0.410 e. The molecule has 2 saturated heterocycles. The van der Waals surface area contributed by atoms with Gasteiger partial charge in [0.25, 0.3) is 5.56 Å². The van der Waals surface area contributed by atoms with Crippen LogP contribution in [0.3, 0.4) is 0 Å². The molecule has 7 nitrogen and oxygen atoms in total. The number of hydrogen-bond acceptors (Lipinski definition) is 4. The van der Waals surface area contributed by atoms with Crippen LogP contribution in [0.25, 0.3) is 0 Å². The maximum Gasteiger partial charge on any atom is 0.410 e. The summed E-state index contributed by atoms with van der Waals surface area (Å²) < 4.78 is 7.30. The Morgan fingerprint density at radius 2 is 2.00 bits per heavy atom. The SMILES string of the molecule is CCCC(C)N1CC2(CCN(C(=O)CCn3ccccc3=O)CC2)OC1=O. The highest BCUT2D eigenvalue weighted by Crippen LogP contribution is 2.34. The number of carbonyl (C=O) groups excluding carboxylic acids is 2. The molecule has 0 N–H and O–H groups in total. The lowest BCUT2D eigenvalue weighted by Crippen LogP contribution is -2.49. The molecule has 148 valence electrons. The van der Waals surface area contributed by atoms with Crippen LogP contribution in [0.2, 0.25) is 0 Å². The molecule has 0 aliphatic carbocycles. The largest absolute Gasteiger partial charge is 0.441 e. The van der Waals surface area contributed by atoms with Crippen LogP contribution < -0.4 is 5.56 Å². The van der Waals surface area contributed by atoms with Gasteiger partial charge in [0.05, 0.1) is 6.54 Å². The van der Waals surface area contributed by atoms with Gasteiger partial charge in [-0.3, -0.25) is 9.59 Å². The lowest BCUT2D eigenvalue weighted by molar-refractivity contribution is -0.134. The zero-order chi connectivity index (χ0) is 19.4. The third-order valence-electron chi connectivity index (χ3n) is 5.73. The van der Waals surface area contributed by atoms with Crippen LogP contribution >= 0.6 is 0 Å². The molecule has 1 atom stereocenters. The number of hydrogen-bond donors (Lipinski definition) is 0. The Bertz CT molecular complexity index is 737. The second-order valence-corrected chi connectivity index (χ2v) is 7.68. The molecule has 0 bridgehead atoms. The maximum atomic E-state index is 12.5. The lowest BCUT2D eigenvalue weighted by atomic mass is 9.90. The summed E-state index contributed by atoms with van der Waals surface area (Å²) in [5, 5.41) is 0. The Morgan fingerprint density at radius 1 is 1.26 bits per heavy atom. The minimum Gasteiger partial charge on any atom is -0.441 e. The van der Waals surface area contributed by atoms with E-state index >= 15 is 0 Å². The van der Waals surface area contributed by atoms with E-state index in [1.807, 2.05) is 9.80 Å². The molecule has 3 rings (SSSR count). The van der Waals surface area contributed by atoms with Crippen LogP contribution in [-0.2, 0) is 16.1 Å². The third kappa shape index (κ3) is 4.34. The molecule has 0 saturated carbocycles. The second-order valence-electron chi connectivity index (χ2n) is 7.68. The minimum atomic E-state index is -0.452. The molecular weight excluding hydrogens is 346 g/mol. The van der Waals surface area contributed by atoms with Crippen molar-refractivity contribution in [3.63, 3.8) is 0 Å². The number of rotatable bonds is 6. The van der Waals surface area contributed by atoms with Crippen molar-refractivity contribution in [3.05, 3.63) is 34.7 Å². The first-order chi connectivity index (χ1) is 12.9. The van der Waals surface area contributed by atoms with Gasteiger partial charge in [-0.15, -0.1) is 0 Å². The van der Waals surface area contributed by atoms with Gasteiger partial charge in [0.2, 0.25) is 5.91 Å². The monoisotopic (exact) mass is 375 g/mol. The summed E-state index contributed by atoms with van der Waals surface area (Å²) in [6.07, 6.45) is 5.12. The highest BCUT2D eigenvalue weighted by molar-refractivity contribution is 5.76. The van der Waals surface area contributed by atoms with Crippen molar-refractivity contribution in [2.45, 2.75) is 64.1 Å². The van der Waals surface area contributed by atoms with Crippen molar-refractivity contribution >= 4 is 12.0 Å². The van der Waals surface area contributed by atoms with Gasteiger partial charge in [0.1, 0.15) is 5.60 Å². The van der Waals surface area contributed by atoms with Crippen molar-refractivity contribution in [1.29, 1.82) is 0 Å². The first-order valence-corrected chi connectivity index (χ1v) is 9.87. The van der Waals surface area contributed by atoms with Crippen LogP contribution in [0.4, 0.5) is 4.79 Å². The molecule has 2 aliphatic rings. The van der Waals surface area contributed by atoms with Crippen molar-refractivity contribution < 1.29 is 14.3 Å². The van der Waals surface area contributed by atoms with E-state index in [9.17, 15) is 14.4 Å². The number of amides is 2. The van der Waals surface area contributed by atoms with Gasteiger partial charge in [-0.05, 0) is 19.4 Å². The van der Waals surface area contributed by atoms with E-state index < -0.39 is 5.60 Å². The van der Waals surface area contributed by atoms with Gasteiger partial charge in [0, 0.05) is 57.2 Å². The molecule has 0 radical (unpaired) electrons. The van der Waals surface area contributed by atoms with Crippen LogP contribution in [0.1, 0.15) is 46.0 Å². The van der Waals surface area contributed by atoms with Gasteiger partial charge in [0.15, 0.2) is 0 Å². The number of piperidine rings is 1. The summed E-state index contributed by atoms with van der Waals surface area (Å²) >= 11 is 0. The number of aryl methyl sites for hydroxylation is 1. The maximum absolute atomic E-state index is 12.5. The lowest BCUT2D eigenvalue weighted by Gasteiger charge is -2.37. The number of carbonyl (C=O) groups is 2. The Labute approximate surface area is 159 Å². The highest BCUT2D eigenvalue weighted by Gasteiger charge is 2.48. The second kappa shape index (κ2) is 8.15. The van der Waals surface area contributed by atoms with Gasteiger partial charge in [-0.25, -0.2) is 4.79 Å². The average molecular weight is 375 g/mol. The quantitative estimate of drug-likeness (QED) is 0.764. The zero-order valence-electron chi connectivity index (χ0n) is 16.2. The molecule has 1 unspecified atom stereocenters. The van der Waals surface area contributed by atoms with Crippen LogP contribution in [-0.4, -0.2) is 57.6 Å². The Hall–Kier alpha value is -2.31. The van der Waals surface area contributed by atoms with Crippen molar-refractivity contribution in [3.8, 4) is 0 Å². The van der Waals surface area contributed by atoms with E-state index in [1.165, 1.54) is 6.07 Å². The fraction of sp³-hybridized carbons (Fsp3) is 0.650. The summed E-state index contributed by atoms with van der Waals surface area (Å²) in [6.45, 7) is 6.36. The average Bonchev–Trinajstić information content (AvgIpc) is 2.97.